The minimum absolute atomic E-state index is 0.149. The van der Waals surface area contributed by atoms with Crippen LogP contribution in [0.15, 0.2) is 18.2 Å². The molecule has 3 heteroatoms. The molecule has 3 nitrogen and oxygen atoms in total. The van der Waals surface area contributed by atoms with Gasteiger partial charge in [0, 0.05) is 6.04 Å². The zero-order chi connectivity index (χ0) is 15.0. The van der Waals surface area contributed by atoms with E-state index in [4.69, 9.17) is 4.74 Å². The van der Waals surface area contributed by atoms with E-state index in [-0.39, 0.29) is 12.0 Å². The van der Waals surface area contributed by atoms with Crippen LogP contribution in [0.5, 0.6) is 0 Å². The lowest BCUT2D eigenvalue weighted by molar-refractivity contribution is -0.141. The fraction of sp³-hybridized carbons (Fsp3) is 0.588. The van der Waals surface area contributed by atoms with Crippen molar-refractivity contribution in [3.8, 4) is 0 Å². The summed E-state index contributed by atoms with van der Waals surface area (Å²) in [7, 11) is 1.45. The topological polar surface area (TPSA) is 38.3 Å². The van der Waals surface area contributed by atoms with Gasteiger partial charge in [-0.3, -0.25) is 4.79 Å². The predicted molar refractivity (Wildman–Crippen MR) is 83.0 cm³/mol. The van der Waals surface area contributed by atoms with Crippen molar-refractivity contribution in [1.82, 2.24) is 5.32 Å². The van der Waals surface area contributed by atoms with E-state index in [2.05, 4.69) is 44.3 Å². The fourth-order valence-corrected chi connectivity index (χ4v) is 2.32. The van der Waals surface area contributed by atoms with Crippen molar-refractivity contribution in [1.29, 1.82) is 0 Å². The largest absolute Gasteiger partial charge is 0.469 e. The highest BCUT2D eigenvalue weighted by molar-refractivity contribution is 5.70. The standard InChI is InChI=1S/C17H27NO2/c1-5-6-9-18-16(12-17(19)20-4)11-15-8-7-13(2)10-14(15)3/h7-8,10,16,18H,5-6,9,11-12H2,1-4H3. The predicted octanol–water partition coefficient (Wildman–Crippen LogP) is 3.17. The smallest absolute Gasteiger partial charge is 0.307 e. The van der Waals surface area contributed by atoms with Gasteiger partial charge in [-0.05, 0) is 44.4 Å². The van der Waals surface area contributed by atoms with Gasteiger partial charge >= 0.3 is 5.97 Å². The van der Waals surface area contributed by atoms with Crippen molar-refractivity contribution in [2.75, 3.05) is 13.7 Å². The van der Waals surface area contributed by atoms with Crippen molar-refractivity contribution in [2.24, 2.45) is 0 Å². The molecule has 20 heavy (non-hydrogen) atoms. The molecule has 0 aliphatic rings. The summed E-state index contributed by atoms with van der Waals surface area (Å²) in [5, 5.41) is 3.48. The first kappa shape index (κ1) is 16.7. The zero-order valence-electron chi connectivity index (χ0n) is 13.2. The van der Waals surface area contributed by atoms with Crippen LogP contribution in [-0.4, -0.2) is 25.7 Å². The molecule has 1 unspecified atom stereocenters. The molecule has 1 rings (SSSR count). The Hall–Kier alpha value is -1.35. The Bertz CT molecular complexity index is 429. The third kappa shape index (κ3) is 5.74. The Labute approximate surface area is 122 Å². The Morgan fingerprint density at radius 3 is 2.70 bits per heavy atom. The summed E-state index contributed by atoms with van der Waals surface area (Å²) in [6.07, 6.45) is 3.57. The molecule has 0 saturated carbocycles. The summed E-state index contributed by atoms with van der Waals surface area (Å²) in [5.74, 6) is -0.149. The second-order valence-corrected chi connectivity index (χ2v) is 5.42. The first-order chi connectivity index (χ1) is 9.56. The zero-order valence-corrected chi connectivity index (χ0v) is 13.2. The first-order valence-corrected chi connectivity index (χ1v) is 7.43. The highest BCUT2D eigenvalue weighted by Crippen LogP contribution is 2.14. The Morgan fingerprint density at radius 1 is 1.35 bits per heavy atom. The molecule has 1 aromatic rings. The van der Waals surface area contributed by atoms with Gasteiger partial charge in [0.05, 0.1) is 13.5 Å². The normalized spacial score (nSPS) is 12.2. The van der Waals surface area contributed by atoms with Crippen LogP contribution in [0.1, 0.15) is 42.9 Å². The number of rotatable bonds is 8. The van der Waals surface area contributed by atoms with Gasteiger partial charge in [-0.25, -0.2) is 0 Å². The Balaban J connectivity index is 2.68. The number of unbranched alkanes of at least 4 members (excludes halogenated alkanes) is 1. The number of carbonyl (C=O) groups is 1. The van der Waals surface area contributed by atoms with E-state index in [0.29, 0.717) is 6.42 Å². The van der Waals surface area contributed by atoms with Crippen LogP contribution < -0.4 is 5.32 Å². The number of methoxy groups -OCH3 is 1. The quantitative estimate of drug-likeness (QED) is 0.586. The first-order valence-electron chi connectivity index (χ1n) is 7.43. The van der Waals surface area contributed by atoms with Crippen LogP contribution in [0.3, 0.4) is 0 Å². The van der Waals surface area contributed by atoms with Crippen LogP contribution in [-0.2, 0) is 16.0 Å². The number of aryl methyl sites for hydroxylation is 2. The molecule has 0 heterocycles. The SMILES string of the molecule is CCCCNC(CC(=O)OC)Cc1ccc(C)cc1C. The lowest BCUT2D eigenvalue weighted by Gasteiger charge is -2.19. The summed E-state index contributed by atoms with van der Waals surface area (Å²) in [4.78, 5) is 11.5. The summed E-state index contributed by atoms with van der Waals surface area (Å²) in [6, 6.07) is 6.63. The third-order valence-corrected chi connectivity index (χ3v) is 3.57. The number of hydrogen-bond donors (Lipinski definition) is 1. The highest BCUT2D eigenvalue weighted by atomic mass is 16.5. The molecule has 0 radical (unpaired) electrons. The molecule has 112 valence electrons. The van der Waals surface area contributed by atoms with Crippen LogP contribution in [0.4, 0.5) is 0 Å². The molecular formula is C17H27NO2. The minimum atomic E-state index is -0.149. The lowest BCUT2D eigenvalue weighted by atomic mass is 9.97. The van der Waals surface area contributed by atoms with E-state index >= 15 is 0 Å². The molecule has 0 bridgehead atoms. The van der Waals surface area contributed by atoms with Gasteiger partial charge in [0.2, 0.25) is 0 Å². The summed E-state index contributed by atoms with van der Waals surface area (Å²) >= 11 is 0. The molecular weight excluding hydrogens is 250 g/mol. The third-order valence-electron chi connectivity index (χ3n) is 3.57. The molecule has 1 atom stereocenters. The maximum atomic E-state index is 11.5. The molecule has 0 fully saturated rings. The van der Waals surface area contributed by atoms with Crippen LogP contribution >= 0.6 is 0 Å². The molecule has 0 spiro atoms. The number of nitrogens with one attached hydrogen (secondary N) is 1. The van der Waals surface area contributed by atoms with Crippen molar-refractivity contribution in [2.45, 2.75) is 52.5 Å². The summed E-state index contributed by atoms with van der Waals surface area (Å²) in [5.41, 5.74) is 3.86. The Morgan fingerprint density at radius 2 is 2.10 bits per heavy atom. The highest BCUT2D eigenvalue weighted by Gasteiger charge is 2.15. The monoisotopic (exact) mass is 277 g/mol. The molecule has 1 aromatic carbocycles. The molecule has 0 amide bonds. The fourth-order valence-electron chi connectivity index (χ4n) is 2.32. The van der Waals surface area contributed by atoms with Crippen LogP contribution in [0.25, 0.3) is 0 Å². The molecule has 0 saturated heterocycles. The molecule has 1 N–H and O–H groups in total. The van der Waals surface area contributed by atoms with Gasteiger partial charge < -0.3 is 10.1 Å². The van der Waals surface area contributed by atoms with Crippen molar-refractivity contribution < 1.29 is 9.53 Å². The molecule has 0 aliphatic carbocycles. The van der Waals surface area contributed by atoms with Gasteiger partial charge in [-0.1, -0.05) is 37.1 Å². The second-order valence-electron chi connectivity index (χ2n) is 5.42. The van der Waals surface area contributed by atoms with E-state index < -0.39 is 0 Å². The van der Waals surface area contributed by atoms with Gasteiger partial charge in [-0.2, -0.15) is 0 Å². The van der Waals surface area contributed by atoms with E-state index in [1.165, 1.54) is 23.8 Å². The van der Waals surface area contributed by atoms with Crippen molar-refractivity contribution in [3.63, 3.8) is 0 Å². The molecule has 0 aliphatic heterocycles. The summed E-state index contributed by atoms with van der Waals surface area (Å²) in [6.45, 7) is 7.34. The van der Waals surface area contributed by atoms with E-state index in [9.17, 15) is 4.79 Å². The van der Waals surface area contributed by atoms with Crippen LogP contribution in [0, 0.1) is 13.8 Å². The number of hydrogen-bond acceptors (Lipinski definition) is 3. The Kier molecular flexibility index (Phi) is 7.31. The average Bonchev–Trinajstić information content (AvgIpc) is 2.41. The van der Waals surface area contributed by atoms with Gasteiger partial charge in [0.15, 0.2) is 0 Å². The summed E-state index contributed by atoms with van der Waals surface area (Å²) < 4.78 is 4.80. The van der Waals surface area contributed by atoms with E-state index in [1.54, 1.807) is 0 Å². The maximum absolute atomic E-state index is 11.5. The number of carbonyl (C=O) groups excluding carboxylic acids is 1. The average molecular weight is 277 g/mol. The van der Waals surface area contributed by atoms with E-state index in [1.807, 2.05) is 0 Å². The number of ether oxygens (including phenoxy) is 1. The van der Waals surface area contributed by atoms with Crippen molar-refractivity contribution in [3.05, 3.63) is 34.9 Å². The number of benzene rings is 1. The lowest BCUT2D eigenvalue weighted by Crippen LogP contribution is -2.34. The minimum Gasteiger partial charge on any atom is -0.469 e. The van der Waals surface area contributed by atoms with Crippen LogP contribution in [0.2, 0.25) is 0 Å². The number of esters is 1. The van der Waals surface area contributed by atoms with Gasteiger partial charge in [0.25, 0.3) is 0 Å². The molecule has 0 aromatic heterocycles. The van der Waals surface area contributed by atoms with Gasteiger partial charge in [0.1, 0.15) is 0 Å². The van der Waals surface area contributed by atoms with Gasteiger partial charge in [-0.15, -0.1) is 0 Å². The maximum Gasteiger partial charge on any atom is 0.307 e. The van der Waals surface area contributed by atoms with E-state index in [0.717, 1.165) is 25.8 Å². The second kappa shape index (κ2) is 8.75. The van der Waals surface area contributed by atoms with Crippen molar-refractivity contribution >= 4 is 5.97 Å².